The normalized spacial score (nSPS) is 20.9. The van der Waals surface area contributed by atoms with Crippen LogP contribution in [0, 0.1) is 5.41 Å². The fourth-order valence-electron chi connectivity index (χ4n) is 2.15. The zero-order chi connectivity index (χ0) is 15.3. The summed E-state index contributed by atoms with van der Waals surface area (Å²) in [5.41, 5.74) is 5.27. The van der Waals surface area contributed by atoms with Crippen LogP contribution in [0.15, 0.2) is 5.16 Å². The minimum absolute atomic E-state index is 0.138. The van der Waals surface area contributed by atoms with Gasteiger partial charge in [0.05, 0.1) is 12.5 Å². The van der Waals surface area contributed by atoms with Crippen LogP contribution in [0.2, 0.25) is 0 Å². The molecule has 0 radical (unpaired) electrons. The van der Waals surface area contributed by atoms with Gasteiger partial charge in [-0.05, 0) is 19.4 Å². The van der Waals surface area contributed by atoms with Crippen molar-refractivity contribution in [1.82, 2.24) is 10.2 Å². The van der Waals surface area contributed by atoms with Crippen molar-refractivity contribution in [3.8, 4) is 0 Å². The largest absolute Gasteiger partial charge is 0.409 e. The number of amides is 2. The molecule has 1 aliphatic heterocycles. The molecule has 0 bridgehead atoms. The standard InChI is InChI=1S/C13H24N4O3/c1-13(2,12(14)16-20)6-4-5-7-15-9-8-10(18)17(3)11(9)19/h9,15,20H,4-8H2,1-3H3,(H2,14,16). The van der Waals surface area contributed by atoms with Crippen LogP contribution in [0.5, 0.6) is 0 Å². The topological polar surface area (TPSA) is 108 Å². The molecule has 1 aliphatic rings. The van der Waals surface area contributed by atoms with E-state index in [9.17, 15) is 9.59 Å². The van der Waals surface area contributed by atoms with Crippen molar-refractivity contribution in [3.63, 3.8) is 0 Å². The maximum atomic E-state index is 11.6. The van der Waals surface area contributed by atoms with Crippen LogP contribution in [0.3, 0.4) is 0 Å². The third-order valence-corrected chi connectivity index (χ3v) is 3.80. The highest BCUT2D eigenvalue weighted by atomic mass is 16.4. The number of nitrogens with one attached hydrogen (secondary N) is 1. The first-order valence-corrected chi connectivity index (χ1v) is 6.81. The molecule has 1 saturated heterocycles. The lowest BCUT2D eigenvalue weighted by molar-refractivity contribution is -0.137. The third-order valence-electron chi connectivity index (χ3n) is 3.80. The third kappa shape index (κ3) is 3.93. The first-order valence-electron chi connectivity index (χ1n) is 6.81. The lowest BCUT2D eigenvalue weighted by Crippen LogP contribution is -2.37. The number of amidine groups is 1. The van der Waals surface area contributed by atoms with Crippen LogP contribution >= 0.6 is 0 Å². The summed E-state index contributed by atoms with van der Waals surface area (Å²) in [7, 11) is 1.51. The molecule has 2 amide bonds. The average molecular weight is 284 g/mol. The number of hydrogen-bond acceptors (Lipinski definition) is 5. The Labute approximate surface area is 119 Å². The van der Waals surface area contributed by atoms with Crippen molar-refractivity contribution in [2.45, 2.75) is 45.6 Å². The molecule has 4 N–H and O–H groups in total. The molecule has 0 saturated carbocycles. The van der Waals surface area contributed by atoms with Crippen molar-refractivity contribution < 1.29 is 14.8 Å². The number of nitrogens with zero attached hydrogens (tertiary/aromatic N) is 2. The van der Waals surface area contributed by atoms with Gasteiger partial charge in [-0.2, -0.15) is 0 Å². The van der Waals surface area contributed by atoms with E-state index >= 15 is 0 Å². The molecular weight excluding hydrogens is 260 g/mol. The number of nitrogens with two attached hydrogens (primary N) is 1. The van der Waals surface area contributed by atoms with E-state index in [0.717, 1.165) is 19.3 Å². The van der Waals surface area contributed by atoms with Gasteiger partial charge < -0.3 is 16.3 Å². The summed E-state index contributed by atoms with van der Waals surface area (Å²) < 4.78 is 0. The van der Waals surface area contributed by atoms with E-state index in [2.05, 4.69) is 10.5 Å². The predicted octanol–water partition coefficient (Wildman–Crippen LogP) is 0.276. The van der Waals surface area contributed by atoms with Crippen LogP contribution < -0.4 is 11.1 Å². The van der Waals surface area contributed by atoms with Crippen molar-refractivity contribution in [2.75, 3.05) is 13.6 Å². The predicted molar refractivity (Wildman–Crippen MR) is 75.2 cm³/mol. The Morgan fingerprint density at radius 1 is 1.50 bits per heavy atom. The van der Waals surface area contributed by atoms with Gasteiger partial charge in [-0.3, -0.25) is 14.5 Å². The molecule has 1 fully saturated rings. The smallest absolute Gasteiger partial charge is 0.246 e. The summed E-state index contributed by atoms with van der Waals surface area (Å²) >= 11 is 0. The Hall–Kier alpha value is -1.63. The van der Waals surface area contributed by atoms with Gasteiger partial charge in [-0.25, -0.2) is 0 Å². The maximum Gasteiger partial charge on any atom is 0.246 e. The molecule has 0 aliphatic carbocycles. The maximum absolute atomic E-state index is 11.6. The zero-order valence-electron chi connectivity index (χ0n) is 12.3. The van der Waals surface area contributed by atoms with Gasteiger partial charge in [0.15, 0.2) is 0 Å². The second-order valence-electron chi connectivity index (χ2n) is 5.83. The van der Waals surface area contributed by atoms with Crippen LogP contribution in [0.4, 0.5) is 0 Å². The number of likely N-dealkylation sites (N-methyl/N-ethyl adjacent to an activating group) is 1. The number of carbonyl (C=O) groups is 2. The summed E-state index contributed by atoms with van der Waals surface area (Å²) in [6.07, 6.45) is 2.79. The van der Waals surface area contributed by atoms with Gasteiger partial charge in [0.2, 0.25) is 11.8 Å². The van der Waals surface area contributed by atoms with Crippen LogP contribution in [-0.2, 0) is 9.59 Å². The van der Waals surface area contributed by atoms with Gasteiger partial charge in [-0.1, -0.05) is 25.4 Å². The van der Waals surface area contributed by atoms with E-state index in [1.165, 1.54) is 11.9 Å². The highest BCUT2D eigenvalue weighted by Crippen LogP contribution is 2.23. The van der Waals surface area contributed by atoms with Crippen molar-refractivity contribution >= 4 is 17.6 Å². The van der Waals surface area contributed by atoms with E-state index in [4.69, 9.17) is 10.9 Å². The zero-order valence-corrected chi connectivity index (χ0v) is 12.3. The molecule has 1 rings (SSSR count). The lowest BCUT2D eigenvalue weighted by Gasteiger charge is -2.22. The molecule has 114 valence electrons. The number of rotatable bonds is 7. The van der Waals surface area contributed by atoms with Crippen LogP contribution in [0.1, 0.15) is 39.5 Å². The van der Waals surface area contributed by atoms with Crippen LogP contribution in [0.25, 0.3) is 0 Å². The highest BCUT2D eigenvalue weighted by Gasteiger charge is 2.35. The Bertz CT molecular complexity index is 406. The number of carbonyl (C=O) groups excluding carboxylic acids is 2. The van der Waals surface area contributed by atoms with Gasteiger partial charge in [0.1, 0.15) is 5.84 Å². The first kappa shape index (κ1) is 16.4. The van der Waals surface area contributed by atoms with E-state index in [-0.39, 0.29) is 35.5 Å². The minimum Gasteiger partial charge on any atom is -0.409 e. The van der Waals surface area contributed by atoms with E-state index < -0.39 is 0 Å². The molecular formula is C13H24N4O3. The minimum atomic E-state index is -0.385. The monoisotopic (exact) mass is 284 g/mol. The average Bonchev–Trinajstić information content (AvgIpc) is 2.64. The number of hydrogen-bond donors (Lipinski definition) is 3. The molecule has 0 aromatic heterocycles. The molecule has 1 unspecified atom stereocenters. The summed E-state index contributed by atoms with van der Waals surface area (Å²) in [5.74, 6) is -0.0730. The number of oxime groups is 1. The SMILES string of the molecule is CN1C(=O)CC(NCCCCC(C)(C)C(N)=NO)C1=O. The Balaban J connectivity index is 2.24. The number of imide groups is 1. The van der Waals surface area contributed by atoms with E-state index in [1.54, 1.807) is 0 Å². The summed E-state index contributed by atoms with van der Waals surface area (Å²) in [5, 5.41) is 14.8. The van der Waals surface area contributed by atoms with Gasteiger partial charge in [0.25, 0.3) is 0 Å². The first-order chi connectivity index (χ1) is 9.29. The molecule has 0 spiro atoms. The number of likely N-dealkylation sites (tertiary alicyclic amines) is 1. The fourth-order valence-corrected chi connectivity index (χ4v) is 2.15. The van der Waals surface area contributed by atoms with Crippen molar-refractivity contribution in [1.29, 1.82) is 0 Å². The van der Waals surface area contributed by atoms with E-state index in [1.807, 2.05) is 13.8 Å². The Morgan fingerprint density at radius 3 is 2.65 bits per heavy atom. The summed E-state index contributed by atoms with van der Waals surface area (Å²) in [4.78, 5) is 24.2. The van der Waals surface area contributed by atoms with E-state index in [0.29, 0.717) is 6.54 Å². The Kier molecular flexibility index (Phi) is 5.50. The molecule has 0 aromatic rings. The number of unbranched alkanes of at least 4 members (excludes halogenated alkanes) is 1. The second-order valence-corrected chi connectivity index (χ2v) is 5.83. The fraction of sp³-hybridized carbons (Fsp3) is 0.769. The molecule has 0 aromatic carbocycles. The summed E-state index contributed by atoms with van der Waals surface area (Å²) in [6.45, 7) is 4.51. The lowest BCUT2D eigenvalue weighted by atomic mass is 9.86. The van der Waals surface area contributed by atoms with Crippen LogP contribution in [-0.4, -0.2) is 47.4 Å². The molecule has 20 heavy (non-hydrogen) atoms. The quantitative estimate of drug-likeness (QED) is 0.155. The van der Waals surface area contributed by atoms with Gasteiger partial charge >= 0.3 is 0 Å². The second kappa shape index (κ2) is 6.69. The molecule has 1 heterocycles. The molecule has 7 nitrogen and oxygen atoms in total. The molecule has 1 atom stereocenters. The summed E-state index contributed by atoms with van der Waals surface area (Å²) in [6, 6.07) is -0.385. The van der Waals surface area contributed by atoms with Crippen molar-refractivity contribution in [2.24, 2.45) is 16.3 Å². The van der Waals surface area contributed by atoms with Crippen molar-refractivity contribution in [3.05, 3.63) is 0 Å². The highest BCUT2D eigenvalue weighted by molar-refractivity contribution is 6.05. The Morgan fingerprint density at radius 2 is 2.15 bits per heavy atom. The van der Waals surface area contributed by atoms with Gasteiger partial charge in [0, 0.05) is 12.5 Å². The molecule has 7 heteroatoms. The van der Waals surface area contributed by atoms with Gasteiger partial charge in [-0.15, -0.1) is 0 Å².